The van der Waals surface area contributed by atoms with Crippen LogP contribution < -0.4 is 5.32 Å². The van der Waals surface area contributed by atoms with Crippen LogP contribution in [0.2, 0.25) is 0 Å². The first kappa shape index (κ1) is 15.8. The molecule has 0 radical (unpaired) electrons. The molecule has 0 aliphatic heterocycles. The number of nitrogens with one attached hydrogen (secondary N) is 1. The van der Waals surface area contributed by atoms with Crippen molar-refractivity contribution in [3.05, 3.63) is 0 Å². The van der Waals surface area contributed by atoms with Gasteiger partial charge in [-0.05, 0) is 73.2 Å². The molecule has 4 fully saturated rings. The highest BCUT2D eigenvalue weighted by Crippen LogP contribution is 2.71. The molecule has 0 amide bonds. The Morgan fingerprint density at radius 1 is 0.905 bits per heavy atom. The van der Waals surface area contributed by atoms with Gasteiger partial charge in [-0.25, -0.2) is 0 Å². The van der Waals surface area contributed by atoms with Crippen LogP contribution in [0.25, 0.3) is 0 Å². The summed E-state index contributed by atoms with van der Waals surface area (Å²) in [6.45, 7) is 13.5. The summed E-state index contributed by atoms with van der Waals surface area (Å²) in [7, 11) is 0. The molecule has 4 saturated carbocycles. The van der Waals surface area contributed by atoms with Crippen LogP contribution >= 0.6 is 0 Å². The van der Waals surface area contributed by atoms with Crippen molar-refractivity contribution in [2.24, 2.45) is 28.1 Å². The van der Waals surface area contributed by atoms with Crippen LogP contribution in [0.1, 0.15) is 86.0 Å². The van der Waals surface area contributed by atoms with E-state index in [9.17, 15) is 0 Å². The molecule has 3 unspecified atom stereocenters. The van der Waals surface area contributed by atoms with E-state index in [4.69, 9.17) is 0 Å². The lowest BCUT2D eigenvalue weighted by atomic mass is 9.38. The summed E-state index contributed by atoms with van der Waals surface area (Å²) in [5.41, 5.74) is 1.90. The Morgan fingerprint density at radius 3 is 1.90 bits per heavy atom. The van der Waals surface area contributed by atoms with Crippen LogP contribution in [0.5, 0.6) is 0 Å². The van der Waals surface area contributed by atoms with Gasteiger partial charge in [-0.3, -0.25) is 0 Å². The molecule has 122 valence electrons. The molecule has 1 heteroatoms. The van der Waals surface area contributed by atoms with Crippen molar-refractivity contribution in [1.29, 1.82) is 0 Å². The maximum Gasteiger partial charge on any atom is 0.0152 e. The largest absolute Gasteiger partial charge is 0.313 e. The third-order valence-electron chi connectivity index (χ3n) is 7.27. The van der Waals surface area contributed by atoms with Crippen molar-refractivity contribution < 1.29 is 0 Å². The van der Waals surface area contributed by atoms with Gasteiger partial charge in [-0.2, -0.15) is 0 Å². The average Bonchev–Trinajstić information content (AvgIpc) is 2.34. The van der Waals surface area contributed by atoms with Gasteiger partial charge in [0.2, 0.25) is 0 Å². The van der Waals surface area contributed by atoms with Gasteiger partial charge in [-0.1, -0.05) is 47.5 Å². The summed E-state index contributed by atoms with van der Waals surface area (Å²) in [5.74, 6) is 1.89. The molecule has 4 aliphatic carbocycles. The van der Waals surface area contributed by atoms with Crippen LogP contribution in [-0.2, 0) is 0 Å². The molecule has 0 saturated heterocycles. The smallest absolute Gasteiger partial charge is 0.0152 e. The molecule has 4 aliphatic rings. The molecule has 4 rings (SSSR count). The van der Waals surface area contributed by atoms with Gasteiger partial charge in [0.1, 0.15) is 0 Å². The molecule has 21 heavy (non-hydrogen) atoms. The number of hydrogen-bond donors (Lipinski definition) is 1. The van der Waals surface area contributed by atoms with E-state index in [0.717, 1.165) is 24.4 Å². The molecule has 1 N–H and O–H groups in total. The second-order valence-corrected chi connectivity index (χ2v) is 9.60. The lowest BCUT2D eigenvalue weighted by Gasteiger charge is -2.68. The average molecular weight is 292 g/mol. The third kappa shape index (κ3) is 2.58. The van der Waals surface area contributed by atoms with E-state index < -0.39 is 0 Å². The van der Waals surface area contributed by atoms with Gasteiger partial charge in [0.05, 0.1) is 0 Å². The molecular formula is C20H37N. The van der Waals surface area contributed by atoms with Crippen molar-refractivity contribution in [2.45, 2.75) is 92.0 Å². The molecular weight excluding hydrogens is 254 g/mol. The maximum atomic E-state index is 3.98. The van der Waals surface area contributed by atoms with Gasteiger partial charge in [-0.15, -0.1) is 0 Å². The molecule has 4 bridgehead atoms. The van der Waals surface area contributed by atoms with Gasteiger partial charge in [0, 0.05) is 6.04 Å². The first-order valence-electron chi connectivity index (χ1n) is 9.61. The summed E-state index contributed by atoms with van der Waals surface area (Å²) in [4.78, 5) is 0. The van der Waals surface area contributed by atoms with Gasteiger partial charge >= 0.3 is 0 Å². The number of rotatable bonds is 6. The summed E-state index contributed by atoms with van der Waals surface area (Å²) in [5, 5.41) is 3.98. The number of hydrogen-bond acceptors (Lipinski definition) is 1. The van der Waals surface area contributed by atoms with Crippen molar-refractivity contribution in [3.63, 3.8) is 0 Å². The first-order chi connectivity index (χ1) is 9.87. The zero-order valence-corrected chi connectivity index (χ0v) is 15.1. The topological polar surface area (TPSA) is 12.0 Å². The fourth-order valence-corrected chi connectivity index (χ4v) is 7.75. The molecule has 3 atom stereocenters. The summed E-state index contributed by atoms with van der Waals surface area (Å²) in [6, 6.07) is 0.763. The minimum Gasteiger partial charge on any atom is -0.313 e. The van der Waals surface area contributed by atoms with Crippen molar-refractivity contribution >= 4 is 0 Å². The summed E-state index contributed by atoms with van der Waals surface area (Å²) >= 11 is 0. The SMILES string of the molecule is CCNC(C(CC)CC)C12CC3CC(C)(CC(C)(C3)C1)C2. The molecule has 1 nitrogen and oxygen atoms in total. The first-order valence-corrected chi connectivity index (χ1v) is 9.61. The predicted molar refractivity (Wildman–Crippen MR) is 91.4 cm³/mol. The van der Waals surface area contributed by atoms with Crippen LogP contribution in [0.15, 0.2) is 0 Å². The standard InChI is InChI=1S/C20H37N/c1-6-16(7-2)17(21-8-3)20-11-15-9-18(4,13-20)12-19(5,10-15)14-20/h15-17,21H,6-14H2,1-5H3. The lowest BCUT2D eigenvalue weighted by molar-refractivity contribution is -0.164. The van der Waals surface area contributed by atoms with Crippen LogP contribution in [0.3, 0.4) is 0 Å². The van der Waals surface area contributed by atoms with E-state index >= 15 is 0 Å². The van der Waals surface area contributed by atoms with E-state index in [-0.39, 0.29) is 0 Å². The van der Waals surface area contributed by atoms with Crippen LogP contribution in [0.4, 0.5) is 0 Å². The highest BCUT2D eigenvalue weighted by molar-refractivity contribution is 5.14. The van der Waals surface area contributed by atoms with Crippen LogP contribution in [-0.4, -0.2) is 12.6 Å². The maximum absolute atomic E-state index is 3.98. The lowest BCUT2D eigenvalue weighted by Crippen LogP contribution is -2.63. The predicted octanol–water partition coefficient (Wildman–Crippen LogP) is 5.40. The van der Waals surface area contributed by atoms with Gasteiger partial charge in [0.15, 0.2) is 0 Å². The van der Waals surface area contributed by atoms with E-state index in [1.807, 2.05) is 0 Å². The van der Waals surface area contributed by atoms with Crippen LogP contribution in [0, 0.1) is 28.1 Å². The Bertz CT molecular complexity index is 365. The summed E-state index contributed by atoms with van der Waals surface area (Å²) in [6.07, 6.45) is 11.7. The Kier molecular flexibility index (Phi) is 3.96. The van der Waals surface area contributed by atoms with E-state index in [1.54, 1.807) is 0 Å². The quantitative estimate of drug-likeness (QED) is 0.691. The normalized spacial score (nSPS) is 46.3. The van der Waals surface area contributed by atoms with Crippen molar-refractivity contribution in [1.82, 2.24) is 5.32 Å². The zero-order valence-electron chi connectivity index (χ0n) is 15.1. The second kappa shape index (κ2) is 5.25. The van der Waals surface area contributed by atoms with E-state index in [0.29, 0.717) is 16.2 Å². The van der Waals surface area contributed by atoms with E-state index in [1.165, 1.54) is 51.4 Å². The highest BCUT2D eigenvalue weighted by atomic mass is 14.9. The zero-order chi connectivity index (χ0) is 15.3. The van der Waals surface area contributed by atoms with Gasteiger partial charge in [0.25, 0.3) is 0 Å². The van der Waals surface area contributed by atoms with Crippen molar-refractivity contribution in [3.8, 4) is 0 Å². The monoisotopic (exact) mass is 291 g/mol. The molecule has 0 aromatic carbocycles. The summed E-state index contributed by atoms with van der Waals surface area (Å²) < 4.78 is 0. The Morgan fingerprint density at radius 2 is 1.48 bits per heavy atom. The minimum absolute atomic E-state index is 0.607. The molecule has 0 aromatic rings. The highest BCUT2D eigenvalue weighted by Gasteiger charge is 2.62. The fraction of sp³-hybridized carbons (Fsp3) is 1.00. The second-order valence-electron chi connectivity index (χ2n) is 9.60. The molecule has 0 spiro atoms. The minimum atomic E-state index is 0.607. The van der Waals surface area contributed by atoms with Crippen molar-refractivity contribution in [2.75, 3.05) is 6.54 Å². The Labute approximate surface area is 132 Å². The molecule has 0 heterocycles. The van der Waals surface area contributed by atoms with E-state index in [2.05, 4.69) is 39.9 Å². The third-order valence-corrected chi connectivity index (χ3v) is 7.27. The molecule has 0 aromatic heterocycles. The Balaban J connectivity index is 1.94. The fourth-order valence-electron chi connectivity index (χ4n) is 7.75. The Hall–Kier alpha value is -0.0400. The van der Waals surface area contributed by atoms with Gasteiger partial charge < -0.3 is 5.32 Å².